The molecule has 0 atom stereocenters. The Morgan fingerprint density at radius 2 is 1.81 bits per heavy atom. The van der Waals surface area contributed by atoms with Gasteiger partial charge in [-0.3, -0.25) is 14.9 Å². The van der Waals surface area contributed by atoms with E-state index in [1.54, 1.807) is 30.3 Å². The van der Waals surface area contributed by atoms with Crippen LogP contribution in [-0.2, 0) is 14.8 Å². The molecule has 0 spiro atoms. The lowest BCUT2D eigenvalue weighted by atomic mass is 9.98. The van der Waals surface area contributed by atoms with Crippen LogP contribution in [0.5, 0.6) is 0 Å². The highest BCUT2D eigenvalue weighted by atomic mass is 32.2. The predicted octanol–water partition coefficient (Wildman–Crippen LogP) is 0.676. The number of benzene rings is 1. The molecule has 0 unspecified atom stereocenters. The molecule has 9 nitrogen and oxygen atoms in total. The summed E-state index contributed by atoms with van der Waals surface area (Å²) in [6, 6.07) is 8.50. The lowest BCUT2D eigenvalue weighted by molar-refractivity contribution is -0.122. The van der Waals surface area contributed by atoms with Gasteiger partial charge in [-0.1, -0.05) is 29.5 Å². The summed E-state index contributed by atoms with van der Waals surface area (Å²) in [6.07, 6.45) is 0.760. The summed E-state index contributed by atoms with van der Waals surface area (Å²) < 4.78 is 26.3. The average Bonchev–Trinajstić information content (AvgIpc) is 3.12. The van der Waals surface area contributed by atoms with E-state index in [-0.39, 0.29) is 28.5 Å². The molecule has 0 saturated carbocycles. The molecule has 2 aromatic rings. The summed E-state index contributed by atoms with van der Waals surface area (Å²) in [4.78, 5) is 23.3. The first kappa shape index (κ1) is 18.4. The number of nitrogens with zero attached hydrogens (tertiary/aromatic N) is 3. The number of primary amides is 1. The van der Waals surface area contributed by atoms with Gasteiger partial charge in [-0.25, -0.2) is 8.42 Å². The number of hydrogen-bond donors (Lipinski definition) is 2. The molecule has 1 saturated heterocycles. The second-order valence-corrected chi connectivity index (χ2v) is 8.86. The number of anilines is 1. The van der Waals surface area contributed by atoms with Gasteiger partial charge < -0.3 is 5.73 Å². The smallest absolute Gasteiger partial charge is 0.272 e. The Morgan fingerprint density at radius 3 is 2.42 bits per heavy atom. The van der Waals surface area contributed by atoms with Crippen LogP contribution in [0.3, 0.4) is 0 Å². The van der Waals surface area contributed by atoms with E-state index < -0.39 is 21.8 Å². The van der Waals surface area contributed by atoms with E-state index >= 15 is 0 Å². The van der Waals surface area contributed by atoms with Crippen molar-refractivity contribution >= 4 is 38.3 Å². The minimum atomic E-state index is -3.82. The molecule has 2 amide bonds. The lowest BCUT2D eigenvalue weighted by Gasteiger charge is -2.28. The number of amides is 2. The van der Waals surface area contributed by atoms with Gasteiger partial charge in [0, 0.05) is 24.6 Å². The Labute approximate surface area is 154 Å². The highest BCUT2D eigenvalue weighted by Gasteiger charge is 2.33. The van der Waals surface area contributed by atoms with Crippen molar-refractivity contribution in [3.63, 3.8) is 0 Å². The third-order valence-electron chi connectivity index (χ3n) is 4.08. The molecule has 2 heterocycles. The predicted molar refractivity (Wildman–Crippen MR) is 95.0 cm³/mol. The van der Waals surface area contributed by atoms with Gasteiger partial charge >= 0.3 is 0 Å². The fourth-order valence-corrected chi connectivity index (χ4v) is 5.12. The highest BCUT2D eigenvalue weighted by molar-refractivity contribution is 7.91. The number of carbonyl (C=O) groups excluding carboxylic acids is 2. The maximum absolute atomic E-state index is 12.6. The van der Waals surface area contributed by atoms with Gasteiger partial charge in [0.25, 0.3) is 15.9 Å². The van der Waals surface area contributed by atoms with Crippen molar-refractivity contribution in [1.82, 2.24) is 14.5 Å². The first-order chi connectivity index (χ1) is 12.4. The number of carbonyl (C=O) groups is 2. The molecule has 11 heteroatoms. The molecule has 1 aromatic carbocycles. The minimum Gasteiger partial charge on any atom is -0.369 e. The quantitative estimate of drug-likeness (QED) is 0.715. The number of piperidine rings is 1. The van der Waals surface area contributed by atoms with Gasteiger partial charge in [-0.15, -0.1) is 10.2 Å². The van der Waals surface area contributed by atoms with Gasteiger partial charge in [-0.05, 0) is 25.0 Å². The fourth-order valence-electron chi connectivity index (χ4n) is 2.61. The SMILES string of the molecule is NC(=O)C1CCN(S(=O)(=O)c2nnc(NC(=O)c3ccccc3)s2)CC1. The molecule has 3 N–H and O–H groups in total. The summed E-state index contributed by atoms with van der Waals surface area (Å²) in [5, 5.41) is 10.1. The van der Waals surface area contributed by atoms with Crippen LogP contribution in [0.15, 0.2) is 34.7 Å². The van der Waals surface area contributed by atoms with Crippen LogP contribution in [0, 0.1) is 5.92 Å². The van der Waals surface area contributed by atoms with Crippen LogP contribution < -0.4 is 11.1 Å². The van der Waals surface area contributed by atoms with E-state index in [1.165, 1.54) is 4.31 Å². The summed E-state index contributed by atoms with van der Waals surface area (Å²) in [5.41, 5.74) is 5.69. The summed E-state index contributed by atoms with van der Waals surface area (Å²) in [5.74, 6) is -1.12. The molecule has 0 bridgehead atoms. The molecule has 1 aromatic heterocycles. The van der Waals surface area contributed by atoms with E-state index in [1.807, 2.05) is 0 Å². The average molecular weight is 395 g/mol. The van der Waals surface area contributed by atoms with Gasteiger partial charge in [0.2, 0.25) is 15.4 Å². The van der Waals surface area contributed by atoms with Crippen LogP contribution in [0.1, 0.15) is 23.2 Å². The van der Waals surface area contributed by atoms with Crippen molar-refractivity contribution in [3.8, 4) is 0 Å². The molecular weight excluding hydrogens is 378 g/mol. The third-order valence-corrected chi connectivity index (χ3v) is 7.16. The van der Waals surface area contributed by atoms with Crippen LogP contribution in [-0.4, -0.2) is 47.8 Å². The van der Waals surface area contributed by atoms with Gasteiger partial charge in [-0.2, -0.15) is 4.31 Å². The molecule has 1 aliphatic heterocycles. The van der Waals surface area contributed by atoms with E-state index in [0.717, 1.165) is 11.3 Å². The van der Waals surface area contributed by atoms with Crippen LogP contribution in [0.2, 0.25) is 0 Å². The zero-order valence-electron chi connectivity index (χ0n) is 13.7. The number of hydrogen-bond acceptors (Lipinski definition) is 7. The maximum Gasteiger partial charge on any atom is 0.272 e. The molecular formula is C15H17N5O4S2. The Morgan fingerprint density at radius 1 is 1.15 bits per heavy atom. The number of nitrogens with two attached hydrogens (primary N) is 1. The van der Waals surface area contributed by atoms with Crippen LogP contribution in [0.25, 0.3) is 0 Å². The van der Waals surface area contributed by atoms with Gasteiger partial charge in [0.1, 0.15) is 0 Å². The summed E-state index contributed by atoms with van der Waals surface area (Å²) >= 11 is 0.788. The largest absolute Gasteiger partial charge is 0.369 e. The molecule has 0 aliphatic carbocycles. The number of aromatic nitrogens is 2. The minimum absolute atomic E-state index is 0.101. The van der Waals surface area contributed by atoms with Crippen molar-refractivity contribution < 1.29 is 18.0 Å². The number of nitrogens with one attached hydrogen (secondary N) is 1. The summed E-state index contributed by atoms with van der Waals surface area (Å²) in [6.45, 7) is 0.391. The topological polar surface area (TPSA) is 135 Å². The Hall–Kier alpha value is -2.37. The lowest BCUT2D eigenvalue weighted by Crippen LogP contribution is -2.41. The van der Waals surface area contributed by atoms with Crippen molar-refractivity contribution in [3.05, 3.63) is 35.9 Å². The molecule has 0 radical (unpaired) electrons. The van der Waals surface area contributed by atoms with E-state index in [9.17, 15) is 18.0 Å². The van der Waals surface area contributed by atoms with E-state index in [0.29, 0.717) is 18.4 Å². The normalized spacial score (nSPS) is 16.3. The number of sulfonamides is 1. The molecule has 138 valence electrons. The maximum atomic E-state index is 12.6. The first-order valence-corrected chi connectivity index (χ1v) is 10.1. The molecule has 1 fully saturated rings. The van der Waals surface area contributed by atoms with Crippen LogP contribution >= 0.6 is 11.3 Å². The van der Waals surface area contributed by atoms with Gasteiger partial charge in [0.05, 0.1) is 0 Å². The van der Waals surface area contributed by atoms with E-state index in [4.69, 9.17) is 5.73 Å². The molecule has 26 heavy (non-hydrogen) atoms. The second-order valence-electron chi connectivity index (χ2n) is 5.77. The Kier molecular flexibility index (Phi) is 5.30. The van der Waals surface area contributed by atoms with Crippen molar-refractivity contribution in [2.24, 2.45) is 11.7 Å². The third kappa shape index (κ3) is 3.89. The van der Waals surface area contributed by atoms with Crippen LogP contribution in [0.4, 0.5) is 5.13 Å². The zero-order chi connectivity index (χ0) is 18.7. The monoisotopic (exact) mass is 395 g/mol. The van der Waals surface area contributed by atoms with Gasteiger partial charge in [0.15, 0.2) is 0 Å². The molecule has 3 rings (SSSR count). The standard InChI is InChI=1S/C15H17N5O4S2/c16-12(21)10-6-8-20(9-7-10)26(23,24)15-19-18-14(25-15)17-13(22)11-4-2-1-3-5-11/h1-5,10H,6-9H2,(H2,16,21)(H,17,18,22). The highest BCUT2D eigenvalue weighted by Crippen LogP contribution is 2.27. The molecule has 1 aliphatic rings. The first-order valence-electron chi connectivity index (χ1n) is 7.87. The fraction of sp³-hybridized carbons (Fsp3) is 0.333. The number of rotatable bonds is 5. The Bertz CT molecular complexity index is 905. The van der Waals surface area contributed by atoms with Crippen molar-refractivity contribution in [2.45, 2.75) is 17.2 Å². The summed E-state index contributed by atoms with van der Waals surface area (Å²) in [7, 11) is -3.82. The Balaban J connectivity index is 1.69. The second kappa shape index (κ2) is 7.48. The van der Waals surface area contributed by atoms with Crippen molar-refractivity contribution in [1.29, 1.82) is 0 Å². The van der Waals surface area contributed by atoms with Crippen molar-refractivity contribution in [2.75, 3.05) is 18.4 Å². The van der Waals surface area contributed by atoms with E-state index in [2.05, 4.69) is 15.5 Å². The zero-order valence-corrected chi connectivity index (χ0v) is 15.3.